The highest BCUT2D eigenvalue weighted by atomic mass is 35.5. The number of sulfonamides is 2. The smallest absolute Gasteiger partial charge is 0.244 e. The molecule has 0 aliphatic carbocycles. The van der Waals surface area contributed by atoms with E-state index in [9.17, 15) is 21.2 Å². The Hall–Kier alpha value is -2.41. The molecule has 38 heavy (non-hydrogen) atoms. The van der Waals surface area contributed by atoms with E-state index in [1.165, 1.54) is 53.9 Å². The van der Waals surface area contributed by atoms with Crippen molar-refractivity contribution < 1.29 is 26.0 Å². The first-order valence-electron chi connectivity index (χ1n) is 11.6. The van der Waals surface area contributed by atoms with Gasteiger partial charge in [0.05, 0.1) is 27.7 Å². The fraction of sp³-hybridized carbons (Fsp3) is 0.280. The molecule has 0 amide bonds. The van der Waals surface area contributed by atoms with Crippen molar-refractivity contribution in [3.05, 3.63) is 82.1 Å². The van der Waals surface area contributed by atoms with Gasteiger partial charge in [-0.25, -0.2) is 25.9 Å². The normalized spacial score (nSPS) is 15.0. The van der Waals surface area contributed by atoms with Gasteiger partial charge in [0, 0.05) is 32.7 Å². The molecule has 13 heteroatoms. The van der Waals surface area contributed by atoms with Crippen molar-refractivity contribution in [3.63, 3.8) is 0 Å². The summed E-state index contributed by atoms with van der Waals surface area (Å²) >= 11 is 12.2. The first-order valence-corrected chi connectivity index (χ1v) is 15.3. The van der Waals surface area contributed by atoms with E-state index in [1.807, 2.05) is 4.90 Å². The number of methoxy groups -OCH3 is 1. The van der Waals surface area contributed by atoms with Crippen LogP contribution in [-0.2, 0) is 26.5 Å². The maximum absolute atomic E-state index is 13.2. The molecule has 1 fully saturated rings. The summed E-state index contributed by atoms with van der Waals surface area (Å²) < 4.78 is 74.7. The topological polar surface area (TPSA) is 96.0 Å². The minimum Gasteiger partial charge on any atom is -0.495 e. The third-order valence-corrected chi connectivity index (χ3v) is 10.5. The molecule has 3 aromatic rings. The van der Waals surface area contributed by atoms with Crippen LogP contribution in [0.5, 0.6) is 5.75 Å². The van der Waals surface area contributed by atoms with Crippen LogP contribution >= 0.6 is 23.2 Å². The van der Waals surface area contributed by atoms with Crippen molar-refractivity contribution in [2.24, 2.45) is 0 Å². The first kappa shape index (κ1) is 28.6. The lowest BCUT2D eigenvalue weighted by Crippen LogP contribution is -2.48. The van der Waals surface area contributed by atoms with Crippen molar-refractivity contribution in [2.75, 3.05) is 44.7 Å². The second-order valence-corrected chi connectivity index (χ2v) is 13.0. The summed E-state index contributed by atoms with van der Waals surface area (Å²) in [7, 11) is -6.23. The first-order chi connectivity index (χ1) is 18.0. The lowest BCUT2D eigenvalue weighted by Gasteiger charge is -2.36. The molecule has 1 aliphatic heterocycles. The van der Waals surface area contributed by atoms with Crippen LogP contribution in [0.4, 0.5) is 10.1 Å². The molecule has 0 spiro atoms. The monoisotopic (exact) mass is 601 g/mol. The molecule has 3 aromatic carbocycles. The third kappa shape index (κ3) is 6.24. The van der Waals surface area contributed by atoms with E-state index in [4.69, 9.17) is 27.9 Å². The van der Waals surface area contributed by atoms with Gasteiger partial charge in [0.15, 0.2) is 0 Å². The van der Waals surface area contributed by atoms with E-state index in [0.717, 1.165) is 5.56 Å². The van der Waals surface area contributed by atoms with Crippen LogP contribution in [0.1, 0.15) is 5.56 Å². The maximum atomic E-state index is 13.2. The summed E-state index contributed by atoms with van der Waals surface area (Å²) in [4.78, 5) is 1.87. The van der Waals surface area contributed by atoms with Gasteiger partial charge >= 0.3 is 0 Å². The van der Waals surface area contributed by atoms with E-state index in [0.29, 0.717) is 30.9 Å². The molecule has 1 saturated heterocycles. The zero-order valence-corrected chi connectivity index (χ0v) is 23.5. The molecule has 0 saturated carbocycles. The van der Waals surface area contributed by atoms with E-state index < -0.39 is 20.0 Å². The number of rotatable bonds is 9. The Labute approximate surface area is 232 Å². The van der Waals surface area contributed by atoms with E-state index in [-0.39, 0.29) is 45.3 Å². The highest BCUT2D eigenvalue weighted by Crippen LogP contribution is 2.34. The summed E-state index contributed by atoms with van der Waals surface area (Å²) in [5.41, 5.74) is 1.34. The molecule has 1 aliphatic rings. The van der Waals surface area contributed by atoms with Gasteiger partial charge < -0.3 is 9.64 Å². The van der Waals surface area contributed by atoms with Gasteiger partial charge in [-0.2, -0.15) is 4.31 Å². The van der Waals surface area contributed by atoms with Crippen molar-refractivity contribution in [2.45, 2.75) is 16.2 Å². The number of anilines is 1. The maximum Gasteiger partial charge on any atom is 0.244 e. The molecule has 0 atom stereocenters. The minimum atomic E-state index is -3.87. The number of halogens is 3. The molecule has 0 aromatic heterocycles. The minimum absolute atomic E-state index is 0.0249. The molecule has 4 rings (SSSR count). The molecule has 8 nitrogen and oxygen atoms in total. The molecular formula is C25H26Cl2FN3O5S2. The van der Waals surface area contributed by atoms with Gasteiger partial charge in [-0.15, -0.1) is 0 Å². The fourth-order valence-corrected chi connectivity index (χ4v) is 7.35. The number of hydrogen-bond acceptors (Lipinski definition) is 6. The van der Waals surface area contributed by atoms with Crippen molar-refractivity contribution in [1.29, 1.82) is 0 Å². The summed E-state index contributed by atoms with van der Waals surface area (Å²) in [6.07, 6.45) is 0.398. The van der Waals surface area contributed by atoms with Gasteiger partial charge in [-0.05, 0) is 54.4 Å². The zero-order chi connectivity index (χ0) is 27.5. The van der Waals surface area contributed by atoms with E-state index in [1.54, 1.807) is 18.2 Å². The SMILES string of the molecule is COc1ccc(S(=O)(=O)NCCc2ccc(F)cc2)cc1N1CCN(S(=O)(=O)c2cccc(Cl)c2Cl)CC1. The lowest BCUT2D eigenvalue weighted by atomic mass is 10.1. The Kier molecular flexibility index (Phi) is 8.85. The Morgan fingerprint density at radius 3 is 2.29 bits per heavy atom. The summed E-state index contributed by atoms with van der Waals surface area (Å²) in [5.74, 6) is 0.108. The number of hydrogen-bond donors (Lipinski definition) is 1. The van der Waals surface area contributed by atoms with Crippen LogP contribution in [0.3, 0.4) is 0 Å². The number of ether oxygens (including phenoxy) is 1. The van der Waals surface area contributed by atoms with Gasteiger partial charge in [0.25, 0.3) is 0 Å². The molecule has 0 radical (unpaired) electrons. The Bertz CT molecular complexity index is 1510. The van der Waals surface area contributed by atoms with Crippen LogP contribution in [0.25, 0.3) is 0 Å². The predicted molar refractivity (Wildman–Crippen MR) is 146 cm³/mol. The summed E-state index contributed by atoms with van der Waals surface area (Å²) in [6.45, 7) is 1.05. The average Bonchev–Trinajstić information content (AvgIpc) is 2.91. The number of nitrogens with zero attached hydrogens (tertiary/aromatic N) is 2. The second-order valence-electron chi connectivity index (χ2n) is 8.55. The number of piperazine rings is 1. The van der Waals surface area contributed by atoms with Crippen molar-refractivity contribution in [1.82, 2.24) is 9.03 Å². The van der Waals surface area contributed by atoms with Crippen LogP contribution in [0, 0.1) is 5.82 Å². The largest absolute Gasteiger partial charge is 0.495 e. The highest BCUT2D eigenvalue weighted by molar-refractivity contribution is 7.89. The summed E-state index contributed by atoms with van der Waals surface area (Å²) in [5, 5.41) is 0.128. The quantitative estimate of drug-likeness (QED) is 0.395. The molecular weight excluding hydrogens is 576 g/mol. The standard InChI is InChI=1S/C25H26Cl2FN3O5S2/c1-36-23-10-9-20(37(32,33)29-12-11-18-5-7-19(28)8-6-18)17-22(23)30-13-15-31(16-14-30)38(34,35)24-4-2-3-21(26)25(24)27/h2-10,17,29H,11-16H2,1H3. The van der Waals surface area contributed by atoms with Crippen LogP contribution in [0.15, 0.2) is 70.5 Å². The number of nitrogens with one attached hydrogen (secondary N) is 1. The molecule has 1 heterocycles. The van der Waals surface area contributed by atoms with Crippen molar-refractivity contribution in [3.8, 4) is 5.75 Å². The van der Waals surface area contributed by atoms with Crippen LogP contribution < -0.4 is 14.4 Å². The van der Waals surface area contributed by atoms with Gasteiger partial charge in [-0.1, -0.05) is 41.4 Å². The average molecular weight is 603 g/mol. The van der Waals surface area contributed by atoms with Crippen molar-refractivity contribution >= 4 is 48.9 Å². The lowest BCUT2D eigenvalue weighted by molar-refractivity contribution is 0.378. The molecule has 0 bridgehead atoms. The fourth-order valence-electron chi connectivity index (χ4n) is 4.14. The zero-order valence-electron chi connectivity index (χ0n) is 20.4. The van der Waals surface area contributed by atoms with E-state index >= 15 is 0 Å². The van der Waals surface area contributed by atoms with Gasteiger partial charge in [0.1, 0.15) is 16.5 Å². The third-order valence-electron chi connectivity index (χ3n) is 6.19. The predicted octanol–water partition coefficient (Wildman–Crippen LogP) is 4.17. The van der Waals surface area contributed by atoms with E-state index in [2.05, 4.69) is 4.72 Å². The Morgan fingerprint density at radius 2 is 1.63 bits per heavy atom. The Morgan fingerprint density at radius 1 is 0.947 bits per heavy atom. The highest BCUT2D eigenvalue weighted by Gasteiger charge is 2.32. The van der Waals surface area contributed by atoms with Crippen LogP contribution in [-0.4, -0.2) is 61.0 Å². The Balaban J connectivity index is 1.47. The molecule has 1 N–H and O–H groups in total. The second kappa shape index (κ2) is 11.8. The van der Waals surface area contributed by atoms with Gasteiger partial charge in [-0.3, -0.25) is 0 Å². The van der Waals surface area contributed by atoms with Gasteiger partial charge in [0.2, 0.25) is 20.0 Å². The molecule has 204 valence electrons. The molecule has 0 unspecified atom stereocenters. The summed E-state index contributed by atoms with van der Waals surface area (Å²) in [6, 6.07) is 14.9. The number of benzene rings is 3. The van der Waals surface area contributed by atoms with Crippen LogP contribution in [0.2, 0.25) is 10.0 Å².